The molecular weight excluding hydrogens is 282 g/mol. The van der Waals surface area contributed by atoms with Gasteiger partial charge in [-0.15, -0.1) is 11.3 Å². The predicted octanol–water partition coefficient (Wildman–Crippen LogP) is 4.21. The van der Waals surface area contributed by atoms with Crippen molar-refractivity contribution in [2.45, 2.75) is 69.9 Å². The molecule has 0 radical (unpaired) electrons. The van der Waals surface area contributed by atoms with Crippen LogP contribution in [-0.4, -0.2) is 28.0 Å². The normalized spacial score (nSPS) is 32.0. The molecule has 21 heavy (non-hydrogen) atoms. The van der Waals surface area contributed by atoms with E-state index in [1.54, 1.807) is 11.3 Å². The molecule has 2 aliphatic carbocycles. The van der Waals surface area contributed by atoms with Gasteiger partial charge < -0.3 is 4.90 Å². The second-order valence-electron chi connectivity index (χ2n) is 6.89. The van der Waals surface area contributed by atoms with E-state index in [0.29, 0.717) is 18.0 Å². The average Bonchev–Trinajstić information content (AvgIpc) is 3.12. The summed E-state index contributed by atoms with van der Waals surface area (Å²) >= 11 is 1.57. The Bertz CT molecular complexity index is 539. The molecule has 0 bridgehead atoms. The van der Waals surface area contributed by atoms with E-state index in [1.807, 2.05) is 0 Å². The highest BCUT2D eigenvalue weighted by molar-refractivity contribution is 7.13. The second-order valence-corrected chi connectivity index (χ2v) is 7.74. The van der Waals surface area contributed by atoms with Gasteiger partial charge in [0.25, 0.3) is 0 Å². The van der Waals surface area contributed by atoms with Crippen LogP contribution in [-0.2, 0) is 0 Å². The van der Waals surface area contributed by atoms with Crippen molar-refractivity contribution in [2.75, 3.05) is 5.32 Å². The first-order chi connectivity index (χ1) is 10.2. The zero-order chi connectivity index (χ0) is 14.4. The third-order valence-electron chi connectivity index (χ3n) is 5.31. The topological polar surface area (TPSA) is 45.2 Å². The molecule has 4 nitrogen and oxygen atoms in total. The number of fused-ring (bicyclic) bond motifs is 1. The third-order valence-corrected chi connectivity index (χ3v) is 6.09. The summed E-state index contributed by atoms with van der Waals surface area (Å²) in [6.45, 7) is 2.19. The highest BCUT2D eigenvalue weighted by Gasteiger charge is 2.42. The summed E-state index contributed by atoms with van der Waals surface area (Å²) in [7, 11) is 0. The summed E-state index contributed by atoms with van der Waals surface area (Å²) in [5.41, 5.74) is 1.17. The maximum Gasteiger partial charge on any atom is 0.324 e. The van der Waals surface area contributed by atoms with Crippen molar-refractivity contribution in [1.29, 1.82) is 0 Å². The van der Waals surface area contributed by atoms with Gasteiger partial charge in [0.2, 0.25) is 0 Å². The molecule has 2 amide bonds. The summed E-state index contributed by atoms with van der Waals surface area (Å²) in [4.78, 5) is 19.3. The summed E-state index contributed by atoms with van der Waals surface area (Å²) in [6.07, 6.45) is 8.74. The van der Waals surface area contributed by atoms with Crippen molar-refractivity contribution < 1.29 is 4.79 Å². The van der Waals surface area contributed by atoms with E-state index in [0.717, 1.165) is 11.0 Å². The van der Waals surface area contributed by atoms with Gasteiger partial charge >= 0.3 is 6.03 Å². The van der Waals surface area contributed by atoms with E-state index >= 15 is 0 Å². The van der Waals surface area contributed by atoms with Crippen molar-refractivity contribution in [3.8, 4) is 0 Å². The predicted molar refractivity (Wildman–Crippen MR) is 84.8 cm³/mol. The Morgan fingerprint density at radius 1 is 1.33 bits per heavy atom. The smallest absolute Gasteiger partial charge is 0.319 e. The molecule has 1 saturated heterocycles. The number of hydrogen-bond donors (Lipinski definition) is 1. The molecule has 1 aromatic rings. The number of anilines is 1. The molecule has 0 aromatic carbocycles. The van der Waals surface area contributed by atoms with Gasteiger partial charge in [-0.3, -0.25) is 5.32 Å². The van der Waals surface area contributed by atoms with Gasteiger partial charge in [-0.25, -0.2) is 9.78 Å². The van der Waals surface area contributed by atoms with Gasteiger partial charge in [0.15, 0.2) is 5.13 Å². The van der Waals surface area contributed by atoms with Gasteiger partial charge in [-0.1, -0.05) is 12.8 Å². The quantitative estimate of drug-likeness (QED) is 0.889. The maximum atomic E-state index is 12.7. The minimum absolute atomic E-state index is 0.0635. The number of rotatable bonds is 2. The fourth-order valence-corrected chi connectivity index (χ4v) is 4.91. The van der Waals surface area contributed by atoms with Crippen LogP contribution in [0.2, 0.25) is 0 Å². The summed E-state index contributed by atoms with van der Waals surface area (Å²) in [5.74, 6) is 1.37. The number of aromatic nitrogens is 1. The lowest BCUT2D eigenvalue weighted by Gasteiger charge is -2.32. The Kier molecular flexibility index (Phi) is 3.40. The molecule has 5 heteroatoms. The molecule has 2 heterocycles. The lowest BCUT2D eigenvalue weighted by Crippen LogP contribution is -2.44. The van der Waals surface area contributed by atoms with Crippen molar-refractivity contribution in [3.05, 3.63) is 11.1 Å². The lowest BCUT2D eigenvalue weighted by molar-refractivity contribution is 0.168. The number of carbonyl (C=O) groups is 1. The van der Waals surface area contributed by atoms with Crippen molar-refractivity contribution in [1.82, 2.24) is 9.88 Å². The molecule has 0 spiro atoms. The van der Waals surface area contributed by atoms with Crippen LogP contribution in [0.1, 0.15) is 63.5 Å². The van der Waals surface area contributed by atoms with Crippen LogP contribution in [0.25, 0.3) is 0 Å². The molecule has 1 aromatic heterocycles. The van der Waals surface area contributed by atoms with Gasteiger partial charge in [0.1, 0.15) is 0 Å². The Morgan fingerprint density at radius 3 is 2.95 bits per heavy atom. The lowest BCUT2D eigenvalue weighted by atomic mass is 9.85. The van der Waals surface area contributed by atoms with E-state index < -0.39 is 0 Å². The van der Waals surface area contributed by atoms with Crippen LogP contribution in [0.5, 0.6) is 0 Å². The third kappa shape index (κ3) is 2.56. The highest BCUT2D eigenvalue weighted by Crippen LogP contribution is 2.42. The molecule has 114 valence electrons. The first kappa shape index (κ1) is 13.6. The van der Waals surface area contributed by atoms with Crippen molar-refractivity contribution in [2.24, 2.45) is 5.92 Å². The second kappa shape index (κ2) is 5.27. The SMILES string of the molecule is C[C@@H]1C[C@@H]2CCCC[C@@H]2N1C(=O)Nc1nc(C2CC2)cs1. The van der Waals surface area contributed by atoms with Crippen LogP contribution in [0.3, 0.4) is 0 Å². The number of hydrogen-bond acceptors (Lipinski definition) is 3. The number of likely N-dealkylation sites (tertiary alicyclic amines) is 1. The Labute approximate surface area is 129 Å². The monoisotopic (exact) mass is 305 g/mol. The first-order valence-electron chi connectivity index (χ1n) is 8.27. The van der Waals surface area contributed by atoms with Crippen LogP contribution >= 0.6 is 11.3 Å². The fraction of sp³-hybridized carbons (Fsp3) is 0.750. The molecule has 3 fully saturated rings. The first-order valence-corrected chi connectivity index (χ1v) is 9.15. The minimum atomic E-state index is 0.0635. The van der Waals surface area contributed by atoms with E-state index in [9.17, 15) is 4.79 Å². The van der Waals surface area contributed by atoms with Gasteiger partial charge in [-0.05, 0) is 44.9 Å². The summed E-state index contributed by atoms with van der Waals surface area (Å²) < 4.78 is 0. The summed E-state index contributed by atoms with van der Waals surface area (Å²) in [6, 6.07) is 0.881. The molecule has 3 aliphatic rings. The number of thiazole rings is 1. The van der Waals surface area contributed by atoms with Crippen LogP contribution in [0.15, 0.2) is 5.38 Å². The van der Waals surface area contributed by atoms with E-state index in [2.05, 4.69) is 27.5 Å². The standard InChI is InChI=1S/C16H23N3OS/c1-10-8-12-4-2-3-5-14(12)19(10)16(20)18-15-17-13(9-21-15)11-6-7-11/h9-12,14H,2-8H2,1H3,(H,17,18,20)/t10-,12+,14+/m1/s1. The molecule has 1 N–H and O–H groups in total. The van der Waals surface area contributed by atoms with Crippen molar-refractivity contribution in [3.63, 3.8) is 0 Å². The number of amides is 2. The van der Waals surface area contributed by atoms with E-state index in [4.69, 9.17) is 0 Å². The largest absolute Gasteiger partial charge is 0.324 e. The van der Waals surface area contributed by atoms with E-state index in [-0.39, 0.29) is 6.03 Å². The van der Waals surface area contributed by atoms with Gasteiger partial charge in [0, 0.05) is 23.4 Å². The van der Waals surface area contributed by atoms with Crippen LogP contribution < -0.4 is 5.32 Å². The fourth-order valence-electron chi connectivity index (χ4n) is 4.12. The Morgan fingerprint density at radius 2 is 2.14 bits per heavy atom. The van der Waals surface area contributed by atoms with Crippen LogP contribution in [0, 0.1) is 5.92 Å². The van der Waals surface area contributed by atoms with Crippen LogP contribution in [0.4, 0.5) is 9.93 Å². The molecule has 2 saturated carbocycles. The maximum absolute atomic E-state index is 12.7. The van der Waals surface area contributed by atoms with Gasteiger partial charge in [0.05, 0.1) is 5.69 Å². The van der Waals surface area contributed by atoms with E-state index in [1.165, 1.54) is 50.6 Å². The Hall–Kier alpha value is -1.10. The molecule has 1 aliphatic heterocycles. The Balaban J connectivity index is 1.45. The number of nitrogens with one attached hydrogen (secondary N) is 1. The van der Waals surface area contributed by atoms with Gasteiger partial charge in [-0.2, -0.15) is 0 Å². The highest BCUT2D eigenvalue weighted by atomic mass is 32.1. The minimum Gasteiger partial charge on any atom is -0.319 e. The molecule has 4 rings (SSSR count). The zero-order valence-electron chi connectivity index (χ0n) is 12.5. The molecule has 0 unspecified atom stereocenters. The number of nitrogens with zero attached hydrogens (tertiary/aromatic N) is 2. The molecule has 3 atom stereocenters. The molecular formula is C16H23N3OS. The zero-order valence-corrected chi connectivity index (χ0v) is 13.4. The number of urea groups is 1. The number of carbonyl (C=O) groups excluding carboxylic acids is 1. The summed E-state index contributed by atoms with van der Waals surface area (Å²) in [5, 5.41) is 5.92. The average molecular weight is 305 g/mol. The van der Waals surface area contributed by atoms with Crippen molar-refractivity contribution >= 4 is 22.5 Å².